The molecule has 29 heavy (non-hydrogen) atoms. The number of fused-ring (bicyclic) bond motifs is 3. The lowest BCUT2D eigenvalue weighted by Crippen LogP contribution is -2.50. The molecule has 0 saturated heterocycles. The molecule has 152 valence electrons. The number of rotatable bonds is 6. The van der Waals surface area contributed by atoms with Crippen molar-refractivity contribution in [2.75, 3.05) is 13.7 Å². The zero-order valence-corrected chi connectivity index (χ0v) is 16.6. The Labute approximate surface area is 169 Å². The van der Waals surface area contributed by atoms with Crippen LogP contribution in [0.3, 0.4) is 0 Å². The van der Waals surface area contributed by atoms with Crippen LogP contribution in [-0.2, 0) is 14.3 Å². The van der Waals surface area contributed by atoms with E-state index in [0.29, 0.717) is 0 Å². The van der Waals surface area contributed by atoms with E-state index in [4.69, 9.17) is 9.84 Å². The molecule has 1 aliphatic rings. The summed E-state index contributed by atoms with van der Waals surface area (Å²) in [5, 5.41) is 11.5. The van der Waals surface area contributed by atoms with Crippen LogP contribution < -0.4 is 5.32 Å². The van der Waals surface area contributed by atoms with E-state index in [1.807, 2.05) is 36.4 Å². The van der Waals surface area contributed by atoms with Gasteiger partial charge in [-0.05, 0) is 36.1 Å². The Morgan fingerprint density at radius 3 is 2.07 bits per heavy atom. The average molecular weight is 396 g/mol. The number of ether oxygens (including phenoxy) is 1. The van der Waals surface area contributed by atoms with Crippen LogP contribution in [0.4, 0.5) is 4.79 Å². The quantitative estimate of drug-likeness (QED) is 0.783. The summed E-state index contributed by atoms with van der Waals surface area (Å²) in [5.74, 6) is -1.70. The molecule has 0 spiro atoms. The number of amides is 2. The second-order valence-corrected chi connectivity index (χ2v) is 7.15. The third-order valence-electron chi connectivity index (χ3n) is 5.33. The number of nitrogens with zero attached hydrogens (tertiary/aromatic N) is 1. The van der Waals surface area contributed by atoms with Gasteiger partial charge >= 0.3 is 12.1 Å². The molecule has 2 aromatic rings. The maximum atomic E-state index is 12.3. The molecule has 2 atom stereocenters. The molecule has 0 bridgehead atoms. The number of carbonyl (C=O) groups excluding carboxylic acids is 2. The van der Waals surface area contributed by atoms with E-state index in [0.717, 1.165) is 27.2 Å². The Balaban J connectivity index is 1.63. The maximum Gasteiger partial charge on any atom is 0.407 e. The van der Waals surface area contributed by atoms with Gasteiger partial charge in [-0.2, -0.15) is 0 Å². The number of nitrogens with one attached hydrogen (secondary N) is 1. The molecule has 2 aromatic carbocycles. The SMILES string of the molecule is CC(C(=O)O)N(C)C(=O)[C@@H](C)NC(=O)OCC1c2ccccc2-c2ccccc21. The molecule has 0 fully saturated rings. The highest BCUT2D eigenvalue weighted by Crippen LogP contribution is 2.44. The fraction of sp³-hybridized carbons (Fsp3) is 0.318. The Hall–Kier alpha value is -3.35. The van der Waals surface area contributed by atoms with Crippen LogP contribution in [0.5, 0.6) is 0 Å². The van der Waals surface area contributed by atoms with Crippen LogP contribution in [0.1, 0.15) is 30.9 Å². The second-order valence-electron chi connectivity index (χ2n) is 7.15. The summed E-state index contributed by atoms with van der Waals surface area (Å²) in [7, 11) is 1.39. The number of carboxylic acid groups (broad SMARTS) is 1. The standard InChI is InChI=1S/C22H24N2O5/c1-13(20(25)24(3)14(2)21(26)27)23-22(28)29-12-19-17-10-6-4-8-15(17)16-9-5-7-11-18(16)19/h4-11,13-14,19H,12H2,1-3H3,(H,23,28)(H,26,27)/t13-,14?/m1/s1. The van der Waals surface area contributed by atoms with Crippen molar-refractivity contribution in [2.45, 2.75) is 31.8 Å². The third kappa shape index (κ3) is 4.08. The minimum absolute atomic E-state index is 0.0751. The van der Waals surface area contributed by atoms with E-state index in [1.165, 1.54) is 20.9 Å². The maximum absolute atomic E-state index is 12.3. The van der Waals surface area contributed by atoms with Crippen LogP contribution in [0.25, 0.3) is 11.1 Å². The van der Waals surface area contributed by atoms with Gasteiger partial charge in [0, 0.05) is 13.0 Å². The molecule has 2 N–H and O–H groups in total. The Morgan fingerprint density at radius 1 is 1.03 bits per heavy atom. The number of hydrogen-bond donors (Lipinski definition) is 2. The van der Waals surface area contributed by atoms with Gasteiger partial charge in [-0.25, -0.2) is 9.59 Å². The first-order valence-electron chi connectivity index (χ1n) is 9.42. The predicted octanol–water partition coefficient (Wildman–Crippen LogP) is 2.85. The van der Waals surface area contributed by atoms with Crippen molar-refractivity contribution < 1.29 is 24.2 Å². The van der Waals surface area contributed by atoms with Crippen molar-refractivity contribution >= 4 is 18.0 Å². The predicted molar refractivity (Wildman–Crippen MR) is 108 cm³/mol. The number of carboxylic acids is 1. The van der Waals surface area contributed by atoms with Gasteiger partial charge in [0.1, 0.15) is 18.7 Å². The first kappa shape index (κ1) is 20.4. The molecule has 0 saturated carbocycles. The smallest absolute Gasteiger partial charge is 0.407 e. The zero-order valence-electron chi connectivity index (χ0n) is 16.6. The molecular formula is C22H24N2O5. The lowest BCUT2D eigenvalue weighted by Gasteiger charge is -2.25. The minimum atomic E-state index is -1.12. The summed E-state index contributed by atoms with van der Waals surface area (Å²) in [4.78, 5) is 36.7. The Bertz CT molecular complexity index is 897. The first-order valence-corrected chi connectivity index (χ1v) is 9.42. The number of hydrogen-bond acceptors (Lipinski definition) is 4. The zero-order chi connectivity index (χ0) is 21.1. The summed E-state index contributed by atoms with van der Waals surface area (Å²) in [6.07, 6.45) is -0.718. The highest BCUT2D eigenvalue weighted by molar-refractivity contribution is 5.88. The van der Waals surface area contributed by atoms with Gasteiger partial charge in [0.2, 0.25) is 5.91 Å². The fourth-order valence-electron chi connectivity index (χ4n) is 3.54. The number of likely N-dealkylation sites (N-methyl/N-ethyl adjacent to an activating group) is 1. The van der Waals surface area contributed by atoms with E-state index in [9.17, 15) is 14.4 Å². The largest absolute Gasteiger partial charge is 0.480 e. The van der Waals surface area contributed by atoms with Crippen LogP contribution in [0.2, 0.25) is 0 Å². The summed E-state index contributed by atoms with van der Waals surface area (Å²) >= 11 is 0. The van der Waals surface area contributed by atoms with E-state index in [1.54, 1.807) is 0 Å². The van der Waals surface area contributed by atoms with Crippen molar-refractivity contribution in [1.82, 2.24) is 10.2 Å². The van der Waals surface area contributed by atoms with Crippen molar-refractivity contribution in [3.05, 3.63) is 59.7 Å². The summed E-state index contributed by atoms with van der Waals surface area (Å²) < 4.78 is 5.41. The Morgan fingerprint density at radius 2 is 1.55 bits per heavy atom. The molecule has 7 heteroatoms. The normalized spacial score (nSPS) is 14.3. The van der Waals surface area contributed by atoms with E-state index < -0.39 is 30.1 Å². The van der Waals surface area contributed by atoms with Crippen LogP contribution in [-0.4, -0.2) is 53.7 Å². The highest BCUT2D eigenvalue weighted by Gasteiger charge is 2.30. The van der Waals surface area contributed by atoms with E-state index >= 15 is 0 Å². The van der Waals surface area contributed by atoms with Crippen LogP contribution in [0.15, 0.2) is 48.5 Å². The average Bonchev–Trinajstić information content (AvgIpc) is 3.04. The molecule has 2 amide bonds. The number of benzene rings is 2. The monoisotopic (exact) mass is 396 g/mol. The molecule has 0 aliphatic heterocycles. The number of aliphatic carboxylic acids is 1. The molecule has 0 aromatic heterocycles. The molecule has 0 radical (unpaired) electrons. The van der Waals surface area contributed by atoms with Gasteiger partial charge in [-0.3, -0.25) is 4.79 Å². The molecule has 1 unspecified atom stereocenters. The topological polar surface area (TPSA) is 95.9 Å². The van der Waals surface area contributed by atoms with Crippen molar-refractivity contribution in [2.24, 2.45) is 0 Å². The first-order chi connectivity index (χ1) is 13.8. The van der Waals surface area contributed by atoms with Gasteiger partial charge in [0.15, 0.2) is 0 Å². The fourth-order valence-corrected chi connectivity index (χ4v) is 3.54. The molecule has 3 rings (SSSR count). The second kappa shape index (κ2) is 8.34. The number of carbonyl (C=O) groups is 3. The third-order valence-corrected chi connectivity index (χ3v) is 5.33. The lowest BCUT2D eigenvalue weighted by atomic mass is 9.98. The van der Waals surface area contributed by atoms with Gasteiger partial charge in [0.25, 0.3) is 0 Å². The van der Waals surface area contributed by atoms with Crippen molar-refractivity contribution in [1.29, 1.82) is 0 Å². The lowest BCUT2D eigenvalue weighted by molar-refractivity contribution is -0.148. The van der Waals surface area contributed by atoms with Gasteiger partial charge in [-0.1, -0.05) is 48.5 Å². The molecule has 7 nitrogen and oxygen atoms in total. The molecule has 0 heterocycles. The summed E-state index contributed by atoms with van der Waals surface area (Å²) in [6, 6.07) is 14.1. The Kier molecular flexibility index (Phi) is 5.87. The summed E-state index contributed by atoms with van der Waals surface area (Å²) in [6.45, 7) is 3.04. The van der Waals surface area contributed by atoms with E-state index in [-0.39, 0.29) is 12.5 Å². The van der Waals surface area contributed by atoms with Crippen molar-refractivity contribution in [3.63, 3.8) is 0 Å². The minimum Gasteiger partial charge on any atom is -0.480 e. The number of alkyl carbamates (subject to hydrolysis) is 1. The molecule has 1 aliphatic carbocycles. The van der Waals surface area contributed by atoms with Crippen LogP contribution in [0, 0.1) is 0 Å². The van der Waals surface area contributed by atoms with Gasteiger partial charge in [0.05, 0.1) is 0 Å². The summed E-state index contributed by atoms with van der Waals surface area (Å²) in [5.41, 5.74) is 4.45. The van der Waals surface area contributed by atoms with Crippen molar-refractivity contribution in [3.8, 4) is 11.1 Å². The van der Waals surface area contributed by atoms with Crippen LogP contribution >= 0.6 is 0 Å². The molecular weight excluding hydrogens is 372 g/mol. The van der Waals surface area contributed by atoms with E-state index in [2.05, 4.69) is 17.4 Å². The van der Waals surface area contributed by atoms with Gasteiger partial charge < -0.3 is 20.1 Å². The van der Waals surface area contributed by atoms with Gasteiger partial charge in [-0.15, -0.1) is 0 Å². The highest BCUT2D eigenvalue weighted by atomic mass is 16.5.